The Hall–Kier alpha value is -2.15. The van der Waals surface area contributed by atoms with E-state index in [9.17, 15) is 4.79 Å². The summed E-state index contributed by atoms with van der Waals surface area (Å²) in [4.78, 5) is 14.2. The van der Waals surface area contributed by atoms with Gasteiger partial charge in [0.2, 0.25) is 0 Å². The molecule has 1 fully saturated rings. The van der Waals surface area contributed by atoms with Crippen molar-refractivity contribution in [2.45, 2.75) is 39.2 Å². The average Bonchev–Trinajstić information content (AvgIpc) is 2.97. The number of rotatable bonds is 2. The van der Waals surface area contributed by atoms with E-state index in [1.54, 1.807) is 4.90 Å². The molecule has 0 aromatic carbocycles. The Bertz CT molecular complexity index is 884. The monoisotopic (exact) mass is 392 g/mol. The minimum absolute atomic E-state index is 0.226. The second kappa shape index (κ2) is 7.46. The molecule has 146 valence electrons. The molecule has 0 saturated carbocycles. The molecule has 8 heteroatoms. The zero-order valence-electron chi connectivity index (χ0n) is 16.6. The van der Waals surface area contributed by atoms with Crippen LogP contribution in [0.15, 0.2) is 12.3 Å². The van der Waals surface area contributed by atoms with Crippen molar-refractivity contribution >= 4 is 40.6 Å². The third-order valence-electron chi connectivity index (χ3n) is 4.62. The maximum absolute atomic E-state index is 12.4. The number of aryl methyl sites for hydroxylation is 1. The van der Waals surface area contributed by atoms with Crippen molar-refractivity contribution in [2.75, 3.05) is 20.1 Å². The maximum Gasteiger partial charge on any atom is 0.410 e. The highest BCUT2D eigenvalue weighted by Crippen LogP contribution is 2.28. The van der Waals surface area contributed by atoms with Crippen LogP contribution >= 0.6 is 11.6 Å². The lowest BCUT2D eigenvalue weighted by Crippen LogP contribution is -2.43. The van der Waals surface area contributed by atoms with Crippen molar-refractivity contribution in [1.82, 2.24) is 19.7 Å². The zero-order chi connectivity index (χ0) is 19.8. The number of likely N-dealkylation sites (tertiary alicyclic amines) is 1. The number of halogens is 1. The van der Waals surface area contributed by atoms with E-state index in [1.165, 1.54) is 0 Å². The Kier molecular flexibility index (Phi) is 5.42. The molecule has 0 radical (unpaired) electrons. The van der Waals surface area contributed by atoms with Crippen molar-refractivity contribution in [1.29, 1.82) is 0 Å². The highest BCUT2D eigenvalue weighted by Gasteiger charge is 2.28. The van der Waals surface area contributed by atoms with Crippen molar-refractivity contribution in [3.63, 3.8) is 0 Å². The number of hydrogen-bond donors (Lipinski definition) is 0. The molecule has 0 bridgehead atoms. The SMILES string of the molecule is Cn1ccc2c(Cl)nnc(/[N+](C)=C\C3CCCN(C(=O)OC(C)(C)C)C3)c21. The van der Waals surface area contributed by atoms with Crippen LogP contribution in [0.25, 0.3) is 10.9 Å². The Morgan fingerprint density at radius 3 is 2.85 bits per heavy atom. The number of hydrogen-bond acceptors (Lipinski definition) is 4. The van der Waals surface area contributed by atoms with Gasteiger partial charge in [0.15, 0.2) is 5.15 Å². The van der Waals surface area contributed by atoms with Crippen molar-refractivity contribution in [3.8, 4) is 0 Å². The molecule has 1 aliphatic rings. The summed E-state index contributed by atoms with van der Waals surface area (Å²) in [6.45, 7) is 7.02. The van der Waals surface area contributed by atoms with E-state index in [4.69, 9.17) is 16.3 Å². The first-order valence-electron chi connectivity index (χ1n) is 9.18. The molecule has 2 aromatic rings. The van der Waals surface area contributed by atoms with Gasteiger partial charge in [0.25, 0.3) is 0 Å². The number of ether oxygens (including phenoxy) is 1. The molecule has 1 unspecified atom stereocenters. The Labute approximate surface area is 164 Å². The molecule has 1 saturated heterocycles. The van der Waals surface area contributed by atoms with Gasteiger partial charge in [0, 0.05) is 37.6 Å². The molecule has 3 heterocycles. The molecule has 1 atom stereocenters. The Balaban J connectivity index is 1.81. The summed E-state index contributed by atoms with van der Waals surface area (Å²) in [7, 11) is 3.92. The maximum atomic E-state index is 12.4. The van der Waals surface area contributed by atoms with Gasteiger partial charge in [0.05, 0.1) is 18.4 Å². The van der Waals surface area contributed by atoms with Crippen LogP contribution in [0.2, 0.25) is 5.15 Å². The molecular weight excluding hydrogens is 366 g/mol. The minimum atomic E-state index is -0.485. The largest absolute Gasteiger partial charge is 0.444 e. The number of piperidine rings is 1. The number of amides is 1. The number of fused-ring (bicyclic) bond motifs is 1. The molecule has 7 nitrogen and oxygen atoms in total. The van der Waals surface area contributed by atoms with Gasteiger partial charge in [-0.05, 0) is 44.8 Å². The van der Waals surface area contributed by atoms with Crippen molar-refractivity contribution in [2.24, 2.45) is 13.0 Å². The summed E-state index contributed by atoms with van der Waals surface area (Å²) < 4.78 is 9.48. The molecule has 1 amide bonds. The van der Waals surface area contributed by atoms with Gasteiger partial charge in [-0.15, -0.1) is 0 Å². The third-order valence-corrected chi connectivity index (χ3v) is 4.90. The van der Waals surface area contributed by atoms with E-state index in [1.807, 2.05) is 56.3 Å². The van der Waals surface area contributed by atoms with Crippen molar-refractivity contribution < 1.29 is 14.1 Å². The quantitative estimate of drug-likeness (QED) is 0.578. The lowest BCUT2D eigenvalue weighted by Gasteiger charge is -2.32. The molecule has 0 aliphatic carbocycles. The smallest absolute Gasteiger partial charge is 0.410 e. The summed E-state index contributed by atoms with van der Waals surface area (Å²) in [5, 5.41) is 9.65. The van der Waals surface area contributed by atoms with Crippen LogP contribution in [0.1, 0.15) is 33.6 Å². The van der Waals surface area contributed by atoms with E-state index in [2.05, 4.69) is 16.4 Å². The summed E-state index contributed by atoms with van der Waals surface area (Å²) >= 11 is 6.17. The van der Waals surface area contributed by atoms with E-state index in [0.29, 0.717) is 11.7 Å². The number of nitrogens with zero attached hydrogens (tertiary/aromatic N) is 5. The second-order valence-electron chi connectivity index (χ2n) is 8.09. The molecule has 0 spiro atoms. The lowest BCUT2D eigenvalue weighted by atomic mass is 9.99. The van der Waals surface area contributed by atoms with Crippen LogP contribution in [0.5, 0.6) is 0 Å². The molecular formula is C19H27ClN5O2+. The normalized spacial score (nSPS) is 18.8. The number of carbonyl (C=O) groups is 1. The standard InChI is InChI=1S/C19H27ClN5O2/c1-19(2,3)27-18(26)25-9-6-7-13(12-25)11-24(5)17-15-14(8-10-23(15)4)16(20)21-22-17/h8,10-11,13H,6-7,9,12H2,1-5H3/q+1/b24-11-. The van der Waals surface area contributed by atoms with Crippen LogP contribution in [-0.2, 0) is 11.8 Å². The first-order valence-corrected chi connectivity index (χ1v) is 9.56. The fourth-order valence-electron chi connectivity index (χ4n) is 3.42. The van der Waals surface area contributed by atoms with Crippen molar-refractivity contribution in [3.05, 3.63) is 17.4 Å². The van der Waals surface area contributed by atoms with Gasteiger partial charge in [0.1, 0.15) is 11.1 Å². The summed E-state index contributed by atoms with van der Waals surface area (Å²) in [6, 6.07) is 1.94. The number of carbonyl (C=O) groups excluding carboxylic acids is 1. The highest BCUT2D eigenvalue weighted by atomic mass is 35.5. The van der Waals surface area contributed by atoms with Gasteiger partial charge in [-0.2, -0.15) is 0 Å². The minimum Gasteiger partial charge on any atom is -0.444 e. The van der Waals surface area contributed by atoms with Gasteiger partial charge >= 0.3 is 11.9 Å². The highest BCUT2D eigenvalue weighted by molar-refractivity contribution is 6.34. The summed E-state index contributed by atoms with van der Waals surface area (Å²) in [5.41, 5.74) is 0.454. The van der Waals surface area contributed by atoms with Gasteiger partial charge in [-0.25, -0.2) is 9.37 Å². The topological polar surface area (TPSA) is 63.3 Å². The van der Waals surface area contributed by atoms with Gasteiger partial charge in [-0.3, -0.25) is 0 Å². The first-order chi connectivity index (χ1) is 12.7. The van der Waals surface area contributed by atoms with Crippen LogP contribution in [0, 0.1) is 5.92 Å². The molecule has 3 rings (SSSR count). The first kappa shape index (κ1) is 19.6. The van der Waals surface area contributed by atoms with Crippen LogP contribution in [0.3, 0.4) is 0 Å². The van der Waals surface area contributed by atoms with Crippen LogP contribution in [-0.4, -0.2) is 62.3 Å². The fraction of sp³-hybridized carbons (Fsp3) is 0.579. The Morgan fingerprint density at radius 1 is 1.41 bits per heavy atom. The molecule has 1 aliphatic heterocycles. The summed E-state index contributed by atoms with van der Waals surface area (Å²) in [6.07, 6.45) is 5.77. The van der Waals surface area contributed by atoms with Gasteiger partial charge in [-0.1, -0.05) is 11.6 Å². The fourth-order valence-corrected chi connectivity index (χ4v) is 3.61. The zero-order valence-corrected chi connectivity index (χ0v) is 17.3. The van der Waals surface area contributed by atoms with Gasteiger partial charge < -0.3 is 14.2 Å². The van der Waals surface area contributed by atoms with E-state index < -0.39 is 5.60 Å². The van der Waals surface area contributed by atoms with E-state index in [-0.39, 0.29) is 12.0 Å². The summed E-state index contributed by atoms with van der Waals surface area (Å²) in [5.74, 6) is 0.973. The third kappa shape index (κ3) is 4.40. The molecule has 0 N–H and O–H groups in total. The predicted molar refractivity (Wildman–Crippen MR) is 106 cm³/mol. The van der Waals surface area contributed by atoms with Crippen LogP contribution < -0.4 is 0 Å². The number of aromatic nitrogens is 3. The second-order valence-corrected chi connectivity index (χ2v) is 8.45. The molecule has 2 aromatic heterocycles. The average molecular weight is 393 g/mol. The Morgan fingerprint density at radius 2 is 2.15 bits per heavy atom. The predicted octanol–water partition coefficient (Wildman–Crippen LogP) is 3.61. The van der Waals surface area contributed by atoms with E-state index >= 15 is 0 Å². The lowest BCUT2D eigenvalue weighted by molar-refractivity contribution is -0.406. The molecule has 27 heavy (non-hydrogen) atoms. The van der Waals surface area contributed by atoms with E-state index in [0.717, 1.165) is 36.1 Å². The van der Waals surface area contributed by atoms with Crippen LogP contribution in [0.4, 0.5) is 10.6 Å².